The molecular weight excluding hydrogens is 416 g/mol. The molecule has 1 saturated heterocycles. The standard InChI is InChI=1S/C22H20N4O4S/c1-13-14(2)31-19-17(13)22(29)26-7-3-5-15(18(26)23-19)20(27)24-8-10-25(11-9-24)21(28)16-6-4-12-30-16/h3-7,12H,8-11H2,1-2H3. The van der Waals surface area contributed by atoms with Gasteiger partial charge in [-0.25, -0.2) is 4.98 Å². The van der Waals surface area contributed by atoms with Crippen molar-refractivity contribution in [3.05, 3.63) is 68.8 Å². The molecule has 0 atom stereocenters. The van der Waals surface area contributed by atoms with E-state index < -0.39 is 0 Å². The first-order valence-electron chi connectivity index (χ1n) is 9.99. The van der Waals surface area contributed by atoms with Crippen LogP contribution in [0.4, 0.5) is 0 Å². The third kappa shape index (κ3) is 3.12. The molecule has 2 amide bonds. The molecule has 4 aromatic heterocycles. The number of thiophene rings is 1. The SMILES string of the molecule is Cc1sc2nc3c(C(=O)N4CCN(C(=O)c5ccco5)CC4)cccn3c(=O)c2c1C. The number of carbonyl (C=O) groups excluding carboxylic acids is 2. The number of aromatic nitrogens is 2. The summed E-state index contributed by atoms with van der Waals surface area (Å²) < 4.78 is 6.64. The van der Waals surface area contributed by atoms with Gasteiger partial charge < -0.3 is 14.2 Å². The fourth-order valence-electron chi connectivity index (χ4n) is 3.94. The summed E-state index contributed by atoms with van der Waals surface area (Å²) in [6.07, 6.45) is 3.11. The lowest BCUT2D eigenvalue weighted by molar-refractivity contribution is 0.0518. The van der Waals surface area contributed by atoms with Crippen LogP contribution in [0.5, 0.6) is 0 Å². The van der Waals surface area contributed by atoms with Gasteiger partial charge in [0.05, 0.1) is 17.2 Å². The fraction of sp³-hybridized carbons (Fsp3) is 0.273. The van der Waals surface area contributed by atoms with Crippen LogP contribution in [0.2, 0.25) is 0 Å². The van der Waals surface area contributed by atoms with E-state index in [4.69, 9.17) is 4.42 Å². The fourth-order valence-corrected chi connectivity index (χ4v) is 4.96. The van der Waals surface area contributed by atoms with Crippen molar-refractivity contribution in [1.82, 2.24) is 19.2 Å². The monoisotopic (exact) mass is 436 g/mol. The predicted octanol–water partition coefficient (Wildman–Crippen LogP) is 2.72. The van der Waals surface area contributed by atoms with Crippen LogP contribution in [0.25, 0.3) is 15.9 Å². The quantitative estimate of drug-likeness (QED) is 0.482. The van der Waals surface area contributed by atoms with Crippen molar-refractivity contribution in [2.45, 2.75) is 13.8 Å². The number of fused-ring (bicyclic) bond motifs is 2. The van der Waals surface area contributed by atoms with Gasteiger partial charge in [0, 0.05) is 37.3 Å². The van der Waals surface area contributed by atoms with E-state index in [0.717, 1.165) is 10.4 Å². The van der Waals surface area contributed by atoms with E-state index in [1.54, 1.807) is 40.3 Å². The maximum absolute atomic E-state index is 13.3. The number of nitrogens with zero attached hydrogens (tertiary/aromatic N) is 4. The highest BCUT2D eigenvalue weighted by Crippen LogP contribution is 2.27. The summed E-state index contributed by atoms with van der Waals surface area (Å²) in [6.45, 7) is 5.51. The summed E-state index contributed by atoms with van der Waals surface area (Å²) in [5, 5.41) is 0.606. The minimum absolute atomic E-state index is 0.162. The second-order valence-electron chi connectivity index (χ2n) is 7.56. The van der Waals surface area contributed by atoms with Gasteiger partial charge in [-0.05, 0) is 43.7 Å². The Hall–Kier alpha value is -3.46. The molecule has 1 fully saturated rings. The molecule has 4 aromatic rings. The molecule has 8 nitrogen and oxygen atoms in total. The first kappa shape index (κ1) is 19.5. The maximum atomic E-state index is 13.3. The number of aryl methyl sites for hydroxylation is 2. The smallest absolute Gasteiger partial charge is 0.289 e. The highest BCUT2D eigenvalue weighted by atomic mass is 32.1. The van der Waals surface area contributed by atoms with Crippen LogP contribution >= 0.6 is 11.3 Å². The number of hydrogen-bond donors (Lipinski definition) is 0. The van der Waals surface area contributed by atoms with Crippen LogP contribution in [0.15, 0.2) is 45.9 Å². The molecule has 9 heteroatoms. The van der Waals surface area contributed by atoms with Crippen LogP contribution in [0.1, 0.15) is 31.4 Å². The highest BCUT2D eigenvalue weighted by molar-refractivity contribution is 7.18. The van der Waals surface area contributed by atoms with Crippen LogP contribution in [-0.4, -0.2) is 57.2 Å². The molecule has 0 saturated carbocycles. The average molecular weight is 436 g/mol. The van der Waals surface area contributed by atoms with Gasteiger partial charge in [-0.2, -0.15) is 0 Å². The summed E-state index contributed by atoms with van der Waals surface area (Å²) in [7, 11) is 0. The van der Waals surface area contributed by atoms with E-state index in [2.05, 4.69) is 4.98 Å². The number of hydrogen-bond acceptors (Lipinski definition) is 6. The Morgan fingerprint density at radius 1 is 1.03 bits per heavy atom. The molecule has 0 aliphatic carbocycles. The molecule has 5 heterocycles. The normalized spacial score (nSPS) is 14.5. The number of carbonyl (C=O) groups is 2. The number of piperazine rings is 1. The predicted molar refractivity (Wildman–Crippen MR) is 117 cm³/mol. The van der Waals surface area contributed by atoms with E-state index in [9.17, 15) is 14.4 Å². The summed E-state index contributed by atoms with van der Waals surface area (Å²) in [6, 6.07) is 6.70. The number of amides is 2. The molecule has 31 heavy (non-hydrogen) atoms. The molecule has 0 bridgehead atoms. The lowest BCUT2D eigenvalue weighted by Crippen LogP contribution is -2.50. The van der Waals surface area contributed by atoms with Gasteiger partial charge in [-0.1, -0.05) is 0 Å². The Morgan fingerprint density at radius 2 is 1.74 bits per heavy atom. The van der Waals surface area contributed by atoms with E-state index in [0.29, 0.717) is 53.4 Å². The van der Waals surface area contributed by atoms with Crippen LogP contribution in [0, 0.1) is 13.8 Å². The van der Waals surface area contributed by atoms with Crippen LogP contribution in [0.3, 0.4) is 0 Å². The Balaban J connectivity index is 1.45. The van der Waals surface area contributed by atoms with E-state index in [1.165, 1.54) is 22.0 Å². The molecule has 158 valence electrons. The van der Waals surface area contributed by atoms with Gasteiger partial charge in [0.2, 0.25) is 0 Å². The van der Waals surface area contributed by atoms with Gasteiger partial charge in [0.1, 0.15) is 4.83 Å². The van der Waals surface area contributed by atoms with Crippen molar-refractivity contribution >= 4 is 39.0 Å². The molecule has 1 aliphatic heterocycles. The minimum Gasteiger partial charge on any atom is -0.459 e. The van der Waals surface area contributed by atoms with Crippen molar-refractivity contribution in [2.24, 2.45) is 0 Å². The Kier molecular flexibility index (Phi) is 4.62. The largest absolute Gasteiger partial charge is 0.459 e. The van der Waals surface area contributed by atoms with Crippen molar-refractivity contribution in [1.29, 1.82) is 0 Å². The zero-order valence-electron chi connectivity index (χ0n) is 17.1. The van der Waals surface area contributed by atoms with Gasteiger partial charge in [-0.3, -0.25) is 18.8 Å². The second-order valence-corrected chi connectivity index (χ2v) is 8.76. The third-order valence-electron chi connectivity index (χ3n) is 5.79. The maximum Gasteiger partial charge on any atom is 0.289 e. The topological polar surface area (TPSA) is 88.1 Å². The summed E-state index contributed by atoms with van der Waals surface area (Å²) in [5.74, 6) is -0.0799. The van der Waals surface area contributed by atoms with E-state index in [1.807, 2.05) is 13.8 Å². The molecule has 5 rings (SSSR count). The van der Waals surface area contributed by atoms with Gasteiger partial charge in [-0.15, -0.1) is 11.3 Å². The lowest BCUT2D eigenvalue weighted by atomic mass is 10.2. The Labute approximate surface area is 181 Å². The van der Waals surface area contributed by atoms with Crippen LogP contribution < -0.4 is 5.56 Å². The molecule has 0 N–H and O–H groups in total. The first-order chi connectivity index (χ1) is 15.0. The zero-order chi connectivity index (χ0) is 21.7. The van der Waals surface area contributed by atoms with E-state index in [-0.39, 0.29) is 17.4 Å². The summed E-state index contributed by atoms with van der Waals surface area (Å²) >= 11 is 1.46. The van der Waals surface area contributed by atoms with Gasteiger partial charge >= 0.3 is 0 Å². The minimum atomic E-state index is -0.195. The summed E-state index contributed by atoms with van der Waals surface area (Å²) in [4.78, 5) is 48.5. The number of pyridine rings is 1. The molecule has 0 radical (unpaired) electrons. The van der Waals surface area contributed by atoms with Gasteiger partial charge in [0.25, 0.3) is 17.4 Å². The third-order valence-corrected chi connectivity index (χ3v) is 6.89. The van der Waals surface area contributed by atoms with Crippen molar-refractivity contribution in [2.75, 3.05) is 26.2 Å². The number of rotatable bonds is 2. The second kappa shape index (κ2) is 7.35. The molecular formula is C22H20N4O4S. The van der Waals surface area contributed by atoms with Crippen molar-refractivity contribution in [3.8, 4) is 0 Å². The highest BCUT2D eigenvalue weighted by Gasteiger charge is 2.28. The molecule has 0 spiro atoms. The van der Waals surface area contributed by atoms with Gasteiger partial charge in [0.15, 0.2) is 11.4 Å². The lowest BCUT2D eigenvalue weighted by Gasteiger charge is -2.34. The van der Waals surface area contributed by atoms with Crippen molar-refractivity contribution < 1.29 is 14.0 Å². The Morgan fingerprint density at radius 3 is 2.42 bits per heavy atom. The van der Waals surface area contributed by atoms with Crippen molar-refractivity contribution in [3.63, 3.8) is 0 Å². The number of furan rings is 1. The van der Waals surface area contributed by atoms with E-state index >= 15 is 0 Å². The zero-order valence-corrected chi connectivity index (χ0v) is 17.9. The molecule has 0 aromatic carbocycles. The summed E-state index contributed by atoms with van der Waals surface area (Å²) in [5.41, 5.74) is 1.52. The Bertz CT molecular complexity index is 1380. The molecule has 1 aliphatic rings. The van der Waals surface area contributed by atoms with Crippen LogP contribution in [-0.2, 0) is 0 Å². The molecule has 0 unspecified atom stereocenters. The first-order valence-corrected chi connectivity index (χ1v) is 10.8. The average Bonchev–Trinajstić information content (AvgIpc) is 3.41.